The van der Waals surface area contributed by atoms with Crippen molar-refractivity contribution < 1.29 is 4.74 Å². The Hall–Kier alpha value is -0.300. The van der Waals surface area contributed by atoms with Crippen LogP contribution in [0.5, 0.6) is 0 Å². The number of rotatable bonds is 1. The van der Waals surface area contributed by atoms with Crippen molar-refractivity contribution in [2.75, 3.05) is 7.11 Å². The van der Waals surface area contributed by atoms with E-state index in [0.29, 0.717) is 11.5 Å². The van der Waals surface area contributed by atoms with E-state index in [4.69, 9.17) is 4.74 Å². The van der Waals surface area contributed by atoms with Gasteiger partial charge in [0, 0.05) is 7.11 Å². The maximum absolute atomic E-state index is 5.40. The molecular weight excluding hydrogens is 148 g/mol. The third-order valence-electron chi connectivity index (χ3n) is 4.11. The van der Waals surface area contributed by atoms with E-state index in [9.17, 15) is 0 Å². The molecule has 2 bridgehead atoms. The van der Waals surface area contributed by atoms with Gasteiger partial charge in [-0.3, -0.25) is 0 Å². The molecule has 0 spiro atoms. The Labute approximate surface area is 74.8 Å². The van der Waals surface area contributed by atoms with Crippen molar-refractivity contribution in [1.29, 1.82) is 0 Å². The van der Waals surface area contributed by atoms with E-state index >= 15 is 0 Å². The molecule has 0 radical (unpaired) electrons. The molecule has 3 fully saturated rings. The Balaban J connectivity index is 2.17. The zero-order valence-electron chi connectivity index (χ0n) is 8.26. The first-order chi connectivity index (χ1) is 5.57. The Morgan fingerprint density at radius 1 is 1.42 bits per heavy atom. The second kappa shape index (κ2) is 2.35. The summed E-state index contributed by atoms with van der Waals surface area (Å²) in [6.45, 7) is 8.88. The van der Waals surface area contributed by atoms with Crippen LogP contribution in [-0.2, 0) is 4.74 Å². The lowest BCUT2D eigenvalue weighted by Crippen LogP contribution is -2.53. The normalized spacial score (nSPS) is 43.9. The molecule has 0 heterocycles. The molecule has 0 aliphatic heterocycles. The summed E-state index contributed by atoms with van der Waals surface area (Å²) in [5, 5.41) is 0. The van der Waals surface area contributed by atoms with Crippen molar-refractivity contribution in [2.45, 2.75) is 32.8 Å². The maximum atomic E-state index is 5.40. The lowest BCUT2D eigenvalue weighted by molar-refractivity contribution is -0.0807. The SMILES string of the molecule is C=C1[C@H](OC)C[C@H]2C[C@@H]1C2(C)C. The van der Waals surface area contributed by atoms with Crippen LogP contribution in [0.1, 0.15) is 26.7 Å². The van der Waals surface area contributed by atoms with Gasteiger partial charge in [-0.15, -0.1) is 0 Å². The molecule has 68 valence electrons. The third-order valence-corrected chi connectivity index (χ3v) is 4.11. The van der Waals surface area contributed by atoms with Crippen molar-refractivity contribution in [3.63, 3.8) is 0 Å². The van der Waals surface area contributed by atoms with Gasteiger partial charge in [-0.05, 0) is 35.7 Å². The molecular formula is C11H18O. The van der Waals surface area contributed by atoms with Crippen LogP contribution in [0.3, 0.4) is 0 Å². The molecule has 3 aliphatic carbocycles. The van der Waals surface area contributed by atoms with Gasteiger partial charge in [0.05, 0.1) is 6.10 Å². The van der Waals surface area contributed by atoms with Crippen LogP contribution in [0.4, 0.5) is 0 Å². The summed E-state index contributed by atoms with van der Waals surface area (Å²) in [5.41, 5.74) is 1.84. The molecule has 3 saturated carbocycles. The number of ether oxygens (including phenoxy) is 1. The molecule has 3 rings (SSSR count). The van der Waals surface area contributed by atoms with Gasteiger partial charge >= 0.3 is 0 Å². The predicted molar refractivity (Wildman–Crippen MR) is 49.9 cm³/mol. The van der Waals surface area contributed by atoms with Crippen LogP contribution in [0, 0.1) is 17.3 Å². The standard InChI is InChI=1S/C11H18O/c1-7-9-5-8(11(9,2)3)6-10(7)12-4/h8-10H,1,5-6H2,2-4H3/t8-,9+,10-/m1/s1. The molecule has 12 heavy (non-hydrogen) atoms. The average Bonchev–Trinajstić information content (AvgIpc) is 2.03. The molecule has 3 atom stereocenters. The second-order valence-electron chi connectivity index (χ2n) is 4.84. The Kier molecular flexibility index (Phi) is 1.63. The van der Waals surface area contributed by atoms with Gasteiger partial charge in [0.15, 0.2) is 0 Å². The first kappa shape index (κ1) is 8.31. The Bertz CT molecular complexity index is 217. The van der Waals surface area contributed by atoms with Crippen LogP contribution in [0.2, 0.25) is 0 Å². The molecule has 0 aromatic heterocycles. The van der Waals surface area contributed by atoms with Crippen molar-refractivity contribution in [3.05, 3.63) is 12.2 Å². The molecule has 0 amide bonds. The highest BCUT2D eigenvalue weighted by Crippen LogP contribution is 2.61. The number of hydrogen-bond acceptors (Lipinski definition) is 1. The average molecular weight is 166 g/mol. The van der Waals surface area contributed by atoms with Crippen molar-refractivity contribution in [3.8, 4) is 0 Å². The molecule has 0 aromatic carbocycles. The molecule has 0 unspecified atom stereocenters. The van der Waals surface area contributed by atoms with Crippen LogP contribution >= 0.6 is 0 Å². The van der Waals surface area contributed by atoms with Gasteiger partial charge in [-0.25, -0.2) is 0 Å². The largest absolute Gasteiger partial charge is 0.377 e. The van der Waals surface area contributed by atoms with Crippen LogP contribution < -0.4 is 0 Å². The first-order valence-corrected chi connectivity index (χ1v) is 4.79. The highest BCUT2D eigenvalue weighted by Gasteiger charge is 2.54. The van der Waals surface area contributed by atoms with Crippen LogP contribution in [0.25, 0.3) is 0 Å². The molecule has 1 nitrogen and oxygen atoms in total. The topological polar surface area (TPSA) is 9.23 Å². The number of hydrogen-bond donors (Lipinski definition) is 0. The summed E-state index contributed by atoms with van der Waals surface area (Å²) in [5.74, 6) is 1.60. The van der Waals surface area contributed by atoms with Crippen molar-refractivity contribution in [1.82, 2.24) is 0 Å². The van der Waals surface area contributed by atoms with E-state index in [1.165, 1.54) is 18.4 Å². The first-order valence-electron chi connectivity index (χ1n) is 4.79. The monoisotopic (exact) mass is 166 g/mol. The molecule has 0 N–H and O–H groups in total. The van der Waals surface area contributed by atoms with Crippen molar-refractivity contribution in [2.24, 2.45) is 17.3 Å². The summed E-state index contributed by atoms with van der Waals surface area (Å²) < 4.78 is 5.40. The Morgan fingerprint density at radius 3 is 2.50 bits per heavy atom. The van der Waals surface area contributed by atoms with E-state index in [1.54, 1.807) is 7.11 Å². The van der Waals surface area contributed by atoms with Gasteiger partial charge in [0.25, 0.3) is 0 Å². The molecule has 0 aromatic rings. The number of methoxy groups -OCH3 is 1. The molecule has 3 aliphatic rings. The smallest absolute Gasteiger partial charge is 0.0784 e. The third kappa shape index (κ3) is 0.832. The summed E-state index contributed by atoms with van der Waals surface area (Å²) in [6, 6.07) is 0. The maximum Gasteiger partial charge on any atom is 0.0784 e. The van der Waals surface area contributed by atoms with Gasteiger partial charge in [-0.1, -0.05) is 20.4 Å². The summed E-state index contributed by atoms with van der Waals surface area (Å²) in [4.78, 5) is 0. The zero-order chi connectivity index (χ0) is 8.93. The highest BCUT2D eigenvalue weighted by atomic mass is 16.5. The van der Waals surface area contributed by atoms with Gasteiger partial charge in [-0.2, -0.15) is 0 Å². The van der Waals surface area contributed by atoms with E-state index in [2.05, 4.69) is 20.4 Å². The van der Waals surface area contributed by atoms with E-state index in [0.717, 1.165) is 11.8 Å². The van der Waals surface area contributed by atoms with E-state index in [1.807, 2.05) is 0 Å². The van der Waals surface area contributed by atoms with Gasteiger partial charge in [0.1, 0.15) is 0 Å². The highest BCUT2D eigenvalue weighted by molar-refractivity contribution is 5.23. The minimum atomic E-state index is 0.349. The zero-order valence-corrected chi connectivity index (χ0v) is 8.26. The fraction of sp³-hybridized carbons (Fsp3) is 0.818. The molecule has 1 heteroatoms. The second-order valence-corrected chi connectivity index (χ2v) is 4.84. The lowest BCUT2D eigenvalue weighted by Gasteiger charge is -2.59. The van der Waals surface area contributed by atoms with Gasteiger partial charge in [0.2, 0.25) is 0 Å². The minimum absolute atomic E-state index is 0.349. The van der Waals surface area contributed by atoms with Gasteiger partial charge < -0.3 is 4.74 Å². The fourth-order valence-corrected chi connectivity index (χ4v) is 2.93. The van der Waals surface area contributed by atoms with Crippen molar-refractivity contribution >= 4 is 0 Å². The lowest BCUT2D eigenvalue weighted by atomic mass is 9.47. The quantitative estimate of drug-likeness (QED) is 0.544. The fourth-order valence-electron chi connectivity index (χ4n) is 2.93. The summed E-state index contributed by atoms with van der Waals surface area (Å²) in [7, 11) is 1.80. The predicted octanol–water partition coefficient (Wildman–Crippen LogP) is 2.62. The Morgan fingerprint density at radius 2 is 2.08 bits per heavy atom. The summed E-state index contributed by atoms with van der Waals surface area (Å²) in [6.07, 6.45) is 2.90. The summed E-state index contributed by atoms with van der Waals surface area (Å²) >= 11 is 0. The van der Waals surface area contributed by atoms with Crippen LogP contribution in [-0.4, -0.2) is 13.2 Å². The van der Waals surface area contributed by atoms with E-state index < -0.39 is 0 Å². The van der Waals surface area contributed by atoms with Crippen LogP contribution in [0.15, 0.2) is 12.2 Å². The minimum Gasteiger partial charge on any atom is -0.377 e. The number of fused-ring (bicyclic) bond motifs is 2. The molecule has 0 saturated heterocycles. The van der Waals surface area contributed by atoms with E-state index in [-0.39, 0.29) is 0 Å².